The van der Waals surface area contributed by atoms with Gasteiger partial charge < -0.3 is 15.2 Å². The maximum absolute atomic E-state index is 5.82. The van der Waals surface area contributed by atoms with Crippen molar-refractivity contribution in [2.75, 3.05) is 40.6 Å². The zero-order valence-corrected chi connectivity index (χ0v) is 13.5. The molecule has 2 atom stereocenters. The molecule has 1 fully saturated rings. The minimum atomic E-state index is 0.411. The first-order valence-corrected chi connectivity index (χ1v) is 8.07. The molecule has 4 nitrogen and oxygen atoms in total. The van der Waals surface area contributed by atoms with Crippen LogP contribution in [0.4, 0.5) is 0 Å². The lowest BCUT2D eigenvalue weighted by Gasteiger charge is -2.22. The molecule has 0 aromatic heterocycles. The fraction of sp³-hybridized carbons (Fsp3) is 0.600. The number of hydrogen-bond acceptors (Lipinski definition) is 5. The summed E-state index contributed by atoms with van der Waals surface area (Å²) in [6.45, 7) is 1.81. The van der Waals surface area contributed by atoms with E-state index in [-0.39, 0.29) is 0 Å². The van der Waals surface area contributed by atoms with Crippen LogP contribution in [0.3, 0.4) is 0 Å². The van der Waals surface area contributed by atoms with Gasteiger partial charge in [0.1, 0.15) is 0 Å². The van der Waals surface area contributed by atoms with Crippen molar-refractivity contribution in [2.24, 2.45) is 11.7 Å². The minimum absolute atomic E-state index is 0.411. The molecule has 20 heavy (non-hydrogen) atoms. The molecule has 0 bridgehead atoms. The van der Waals surface area contributed by atoms with Crippen LogP contribution >= 0.6 is 11.8 Å². The van der Waals surface area contributed by atoms with Gasteiger partial charge in [-0.15, -0.1) is 11.8 Å². The lowest BCUT2D eigenvalue weighted by atomic mass is 9.99. The molecule has 112 valence electrons. The quantitative estimate of drug-likeness (QED) is 0.845. The molecule has 0 radical (unpaired) electrons. The summed E-state index contributed by atoms with van der Waals surface area (Å²) in [7, 11) is 5.53. The van der Waals surface area contributed by atoms with Gasteiger partial charge in [-0.25, -0.2) is 0 Å². The highest BCUT2D eigenvalue weighted by Crippen LogP contribution is 2.42. The normalized spacial score (nSPS) is 23.1. The van der Waals surface area contributed by atoms with Gasteiger partial charge in [0.05, 0.1) is 19.1 Å². The van der Waals surface area contributed by atoms with Gasteiger partial charge in [-0.1, -0.05) is 0 Å². The molecule has 1 heterocycles. The molecule has 1 saturated heterocycles. The number of ether oxygens (including phenoxy) is 2. The molecule has 2 N–H and O–H groups in total. The van der Waals surface area contributed by atoms with Gasteiger partial charge >= 0.3 is 0 Å². The Morgan fingerprint density at radius 3 is 2.60 bits per heavy atom. The molecule has 2 unspecified atom stereocenters. The molecule has 2 rings (SSSR count). The average Bonchev–Trinajstić information content (AvgIpc) is 2.86. The average molecular weight is 296 g/mol. The molecule has 0 saturated carbocycles. The van der Waals surface area contributed by atoms with E-state index in [1.54, 1.807) is 26.0 Å². The van der Waals surface area contributed by atoms with E-state index in [4.69, 9.17) is 15.2 Å². The first-order valence-electron chi connectivity index (χ1n) is 6.84. The lowest BCUT2D eigenvalue weighted by molar-refractivity contribution is 0.309. The highest BCUT2D eigenvalue weighted by Gasteiger charge is 2.30. The second-order valence-corrected chi connectivity index (χ2v) is 6.10. The van der Waals surface area contributed by atoms with Gasteiger partial charge in [0, 0.05) is 12.6 Å². The molecule has 1 aromatic carbocycles. The molecular weight excluding hydrogens is 272 g/mol. The van der Waals surface area contributed by atoms with Crippen molar-refractivity contribution >= 4 is 11.8 Å². The van der Waals surface area contributed by atoms with E-state index in [0.717, 1.165) is 35.9 Å². The van der Waals surface area contributed by atoms with Crippen LogP contribution in [0, 0.1) is 5.92 Å². The van der Waals surface area contributed by atoms with E-state index in [2.05, 4.69) is 30.3 Å². The number of nitrogens with zero attached hydrogens (tertiary/aromatic N) is 1. The van der Waals surface area contributed by atoms with E-state index < -0.39 is 0 Å². The van der Waals surface area contributed by atoms with Crippen LogP contribution in [0.1, 0.15) is 18.0 Å². The van der Waals surface area contributed by atoms with Crippen LogP contribution in [0.15, 0.2) is 17.0 Å². The van der Waals surface area contributed by atoms with Crippen LogP contribution < -0.4 is 15.2 Å². The van der Waals surface area contributed by atoms with Crippen LogP contribution in [0.5, 0.6) is 11.5 Å². The van der Waals surface area contributed by atoms with E-state index in [1.807, 2.05) is 0 Å². The molecule has 0 spiro atoms. The number of thioether (sulfide) groups is 1. The summed E-state index contributed by atoms with van der Waals surface area (Å²) < 4.78 is 11.0. The smallest absolute Gasteiger partial charge is 0.174 e. The zero-order chi connectivity index (χ0) is 14.7. The van der Waals surface area contributed by atoms with Crippen LogP contribution in [-0.4, -0.2) is 45.5 Å². The third-order valence-corrected chi connectivity index (χ3v) is 4.78. The minimum Gasteiger partial charge on any atom is -0.493 e. The highest BCUT2D eigenvalue weighted by atomic mass is 32.2. The number of rotatable bonds is 5. The van der Waals surface area contributed by atoms with Gasteiger partial charge in [-0.2, -0.15) is 0 Å². The number of likely N-dealkylation sites (tertiary alicyclic amines) is 1. The van der Waals surface area contributed by atoms with Crippen molar-refractivity contribution in [3.63, 3.8) is 0 Å². The topological polar surface area (TPSA) is 47.7 Å². The maximum atomic E-state index is 5.82. The standard InChI is InChI=1S/C15H24N2O2S/c1-17-9-10(8-16)5-12(17)11-6-13(18-2)15(19-3)14(7-11)20-4/h6-7,10,12H,5,8-9,16H2,1-4H3. The van der Waals surface area contributed by atoms with Crippen molar-refractivity contribution < 1.29 is 9.47 Å². The van der Waals surface area contributed by atoms with Crippen molar-refractivity contribution in [1.29, 1.82) is 0 Å². The Bertz CT molecular complexity index is 442. The molecule has 0 aliphatic carbocycles. The Labute approximate surface area is 125 Å². The molecular formula is C15H24N2O2S. The Morgan fingerprint density at radius 1 is 1.35 bits per heavy atom. The molecule has 1 aromatic rings. The first kappa shape index (κ1) is 15.5. The van der Waals surface area contributed by atoms with Crippen LogP contribution in [0.25, 0.3) is 0 Å². The van der Waals surface area contributed by atoms with E-state index in [1.165, 1.54) is 5.56 Å². The van der Waals surface area contributed by atoms with Crippen LogP contribution in [-0.2, 0) is 0 Å². The largest absolute Gasteiger partial charge is 0.493 e. The third-order valence-electron chi connectivity index (χ3n) is 4.04. The second kappa shape index (κ2) is 6.70. The Morgan fingerprint density at radius 2 is 2.10 bits per heavy atom. The number of nitrogens with two attached hydrogens (primary N) is 1. The van der Waals surface area contributed by atoms with Crippen molar-refractivity contribution in [1.82, 2.24) is 4.90 Å². The van der Waals surface area contributed by atoms with Crippen LogP contribution in [0.2, 0.25) is 0 Å². The van der Waals surface area contributed by atoms with Gasteiger partial charge in [-0.05, 0) is 49.9 Å². The molecule has 5 heteroatoms. The number of methoxy groups -OCH3 is 2. The fourth-order valence-electron chi connectivity index (χ4n) is 2.96. The Kier molecular flexibility index (Phi) is 5.18. The monoisotopic (exact) mass is 296 g/mol. The van der Waals surface area contributed by atoms with Crippen molar-refractivity contribution in [2.45, 2.75) is 17.4 Å². The lowest BCUT2D eigenvalue weighted by Crippen LogP contribution is -2.20. The van der Waals surface area contributed by atoms with E-state index in [9.17, 15) is 0 Å². The fourth-order valence-corrected chi connectivity index (χ4v) is 3.58. The Hall–Kier alpha value is -0.910. The summed E-state index contributed by atoms with van der Waals surface area (Å²) in [6.07, 6.45) is 3.17. The van der Waals surface area contributed by atoms with Gasteiger partial charge in [0.15, 0.2) is 11.5 Å². The predicted molar refractivity (Wildman–Crippen MR) is 83.9 cm³/mol. The number of benzene rings is 1. The van der Waals surface area contributed by atoms with Gasteiger partial charge in [0.25, 0.3) is 0 Å². The molecule has 1 aliphatic heterocycles. The van der Waals surface area contributed by atoms with Crippen molar-refractivity contribution in [3.8, 4) is 11.5 Å². The summed E-state index contributed by atoms with van der Waals surface area (Å²) >= 11 is 1.68. The summed E-state index contributed by atoms with van der Waals surface area (Å²) in [6, 6.07) is 4.72. The van der Waals surface area contributed by atoms with Crippen molar-refractivity contribution in [3.05, 3.63) is 17.7 Å². The Balaban J connectivity index is 2.37. The van der Waals surface area contributed by atoms with E-state index in [0.29, 0.717) is 12.0 Å². The summed E-state index contributed by atoms with van der Waals surface area (Å²) in [4.78, 5) is 3.49. The van der Waals surface area contributed by atoms with E-state index >= 15 is 0 Å². The predicted octanol–water partition coefficient (Wildman–Crippen LogP) is 2.38. The maximum Gasteiger partial charge on any atom is 0.174 e. The summed E-state index contributed by atoms with van der Waals surface area (Å²) in [5, 5.41) is 0. The number of hydrogen-bond donors (Lipinski definition) is 1. The molecule has 1 aliphatic rings. The highest BCUT2D eigenvalue weighted by molar-refractivity contribution is 7.98. The summed E-state index contributed by atoms with van der Waals surface area (Å²) in [5.74, 6) is 2.20. The zero-order valence-electron chi connectivity index (χ0n) is 12.7. The first-order chi connectivity index (χ1) is 9.64. The summed E-state index contributed by atoms with van der Waals surface area (Å²) in [5.41, 5.74) is 7.10. The van der Waals surface area contributed by atoms with Gasteiger partial charge in [0.2, 0.25) is 0 Å². The second-order valence-electron chi connectivity index (χ2n) is 5.25. The molecule has 0 amide bonds. The third kappa shape index (κ3) is 2.90. The SMILES string of the molecule is COc1cc(C2CC(CN)CN2C)cc(SC)c1OC. The van der Waals surface area contributed by atoms with Gasteiger partial charge in [-0.3, -0.25) is 4.90 Å².